The second-order valence-electron chi connectivity index (χ2n) is 9.39. The topological polar surface area (TPSA) is 88.6 Å². The average Bonchev–Trinajstić information content (AvgIpc) is 2.88. The predicted octanol–water partition coefficient (Wildman–Crippen LogP) is 4.03. The number of rotatable bonds is 10. The molecule has 2 atom stereocenters. The summed E-state index contributed by atoms with van der Waals surface area (Å²) in [6.45, 7) is 6.44. The zero-order chi connectivity index (χ0) is 25.5. The van der Waals surface area contributed by atoms with E-state index >= 15 is 0 Å². The van der Waals surface area contributed by atoms with Crippen molar-refractivity contribution in [3.63, 3.8) is 0 Å². The van der Waals surface area contributed by atoms with E-state index in [4.69, 9.17) is 9.47 Å². The second kappa shape index (κ2) is 12.0. The van der Waals surface area contributed by atoms with Gasteiger partial charge in [-0.3, -0.25) is 4.79 Å². The monoisotopic (exact) mass is 489 g/mol. The van der Waals surface area contributed by atoms with E-state index in [0.29, 0.717) is 29.3 Å². The van der Waals surface area contributed by atoms with Gasteiger partial charge in [0.05, 0.1) is 7.11 Å². The average molecular weight is 490 g/mol. The van der Waals surface area contributed by atoms with Crippen LogP contribution in [0.3, 0.4) is 0 Å². The van der Waals surface area contributed by atoms with Crippen molar-refractivity contribution < 1.29 is 14.3 Å². The Morgan fingerprint density at radius 2 is 1.75 bits per heavy atom. The number of nitrogens with one attached hydrogen (secondary N) is 2. The number of methoxy groups -OCH3 is 2. The van der Waals surface area contributed by atoms with Gasteiger partial charge in [-0.15, -0.1) is 0 Å². The van der Waals surface area contributed by atoms with Crippen molar-refractivity contribution in [2.45, 2.75) is 38.8 Å². The summed E-state index contributed by atoms with van der Waals surface area (Å²) in [4.78, 5) is 23.7. The highest BCUT2D eigenvalue weighted by Gasteiger charge is 2.21. The fourth-order valence-corrected chi connectivity index (χ4v) is 4.58. The Balaban J connectivity index is 1.38. The van der Waals surface area contributed by atoms with Crippen molar-refractivity contribution in [1.82, 2.24) is 15.3 Å². The van der Waals surface area contributed by atoms with Crippen LogP contribution in [-0.2, 0) is 17.6 Å². The number of carbonyl (C=O) groups is 1. The lowest BCUT2D eigenvalue weighted by Gasteiger charge is -2.37. The molecule has 1 saturated heterocycles. The van der Waals surface area contributed by atoms with Crippen LogP contribution in [0.15, 0.2) is 54.9 Å². The minimum Gasteiger partial charge on any atom is -0.497 e. The highest BCUT2D eigenvalue weighted by molar-refractivity contribution is 5.97. The first-order chi connectivity index (χ1) is 17.4. The highest BCUT2D eigenvalue weighted by atomic mass is 16.5. The summed E-state index contributed by atoms with van der Waals surface area (Å²) in [6.07, 6.45) is 5.18. The van der Waals surface area contributed by atoms with Crippen LogP contribution in [-0.4, -0.2) is 61.8 Å². The van der Waals surface area contributed by atoms with Gasteiger partial charge in [-0.25, -0.2) is 9.97 Å². The van der Waals surface area contributed by atoms with Gasteiger partial charge in [-0.2, -0.15) is 0 Å². The van der Waals surface area contributed by atoms with Gasteiger partial charge in [0.2, 0.25) is 5.95 Å². The molecule has 1 aliphatic rings. The van der Waals surface area contributed by atoms with Gasteiger partial charge in [0.1, 0.15) is 12.4 Å². The van der Waals surface area contributed by atoms with Crippen molar-refractivity contribution in [3.05, 3.63) is 71.5 Å². The molecule has 1 aromatic heterocycles. The lowest BCUT2D eigenvalue weighted by Crippen LogP contribution is -2.54. The summed E-state index contributed by atoms with van der Waals surface area (Å²) in [5, 5.41) is 6.90. The number of hydrogen-bond acceptors (Lipinski definition) is 8. The Morgan fingerprint density at radius 3 is 2.44 bits per heavy atom. The quantitative estimate of drug-likeness (QED) is 0.413. The zero-order valence-electron chi connectivity index (χ0n) is 21.5. The SMILES string of the molecule is COCC(=O)c1cc(CCc2cnc(Nc3cccc(N4C[C@@H](C)N[C@@H](C)C4)c3)nc2)cc(OC)c1. The lowest BCUT2D eigenvalue weighted by molar-refractivity contribution is 0.0847. The highest BCUT2D eigenvalue weighted by Crippen LogP contribution is 2.24. The summed E-state index contributed by atoms with van der Waals surface area (Å²) >= 11 is 0. The minimum atomic E-state index is -0.0681. The van der Waals surface area contributed by atoms with Gasteiger partial charge < -0.3 is 25.0 Å². The molecule has 4 rings (SSSR count). The van der Waals surface area contributed by atoms with Gasteiger partial charge in [-0.1, -0.05) is 6.07 Å². The fraction of sp³-hybridized carbons (Fsp3) is 0.393. The third-order valence-electron chi connectivity index (χ3n) is 6.23. The van der Waals surface area contributed by atoms with E-state index in [2.05, 4.69) is 57.5 Å². The van der Waals surface area contributed by atoms with E-state index in [1.54, 1.807) is 13.2 Å². The Kier molecular flexibility index (Phi) is 8.51. The van der Waals surface area contributed by atoms with E-state index in [1.807, 2.05) is 30.6 Å². The number of aromatic nitrogens is 2. The first-order valence-electron chi connectivity index (χ1n) is 12.3. The van der Waals surface area contributed by atoms with Gasteiger partial charge >= 0.3 is 0 Å². The number of hydrogen-bond donors (Lipinski definition) is 2. The van der Waals surface area contributed by atoms with Crippen LogP contribution < -0.4 is 20.3 Å². The summed E-state index contributed by atoms with van der Waals surface area (Å²) in [7, 11) is 3.12. The Bertz CT molecular complexity index is 1160. The first kappa shape index (κ1) is 25.6. The van der Waals surface area contributed by atoms with Gasteiger partial charge in [0.15, 0.2) is 5.78 Å². The van der Waals surface area contributed by atoms with Crippen molar-refractivity contribution in [2.24, 2.45) is 0 Å². The molecule has 0 radical (unpaired) electrons. The number of anilines is 3. The number of Topliss-reactive ketones (excluding diaryl/α,β-unsaturated/α-hetero) is 1. The molecular weight excluding hydrogens is 454 g/mol. The molecule has 0 bridgehead atoms. The van der Waals surface area contributed by atoms with Gasteiger partial charge in [0.25, 0.3) is 0 Å². The Morgan fingerprint density at radius 1 is 1.03 bits per heavy atom. The standard InChI is InChI=1S/C28H35N5O3/c1-19-16-33(17-20(2)31-19)25-7-5-6-24(13-25)32-28-29-14-22(15-30-28)9-8-21-10-23(27(34)18-35-3)12-26(11-21)36-4/h5-7,10-15,19-20,31H,8-9,16-18H2,1-4H3,(H,29,30,32)/t19-,20+. The second-order valence-corrected chi connectivity index (χ2v) is 9.39. The lowest BCUT2D eigenvalue weighted by atomic mass is 10.0. The van der Waals surface area contributed by atoms with E-state index in [1.165, 1.54) is 12.8 Å². The molecule has 0 aliphatic carbocycles. The van der Waals surface area contributed by atoms with Crippen LogP contribution in [0.5, 0.6) is 5.75 Å². The van der Waals surface area contributed by atoms with Crippen LogP contribution >= 0.6 is 0 Å². The summed E-state index contributed by atoms with van der Waals surface area (Å²) in [5.41, 5.74) is 4.78. The molecule has 2 N–H and O–H groups in total. The maximum Gasteiger partial charge on any atom is 0.227 e. The number of carbonyl (C=O) groups excluding carboxylic acids is 1. The molecule has 1 fully saturated rings. The third kappa shape index (κ3) is 6.80. The molecule has 3 aromatic rings. The van der Waals surface area contributed by atoms with Gasteiger partial charge in [-0.05, 0) is 74.2 Å². The molecule has 36 heavy (non-hydrogen) atoms. The van der Waals surface area contributed by atoms with Crippen molar-refractivity contribution in [3.8, 4) is 5.75 Å². The molecule has 8 heteroatoms. The number of piperazine rings is 1. The molecule has 8 nitrogen and oxygen atoms in total. The van der Waals surface area contributed by atoms with E-state index in [0.717, 1.165) is 42.7 Å². The number of ether oxygens (including phenoxy) is 2. The largest absolute Gasteiger partial charge is 0.497 e. The zero-order valence-corrected chi connectivity index (χ0v) is 21.5. The normalized spacial score (nSPS) is 17.6. The number of aryl methyl sites for hydroxylation is 2. The molecule has 2 aromatic carbocycles. The molecule has 0 spiro atoms. The fourth-order valence-electron chi connectivity index (χ4n) is 4.58. The minimum absolute atomic E-state index is 0.0469. The van der Waals surface area contributed by atoms with Crippen molar-refractivity contribution >= 4 is 23.1 Å². The molecular formula is C28H35N5O3. The summed E-state index contributed by atoms with van der Waals surface area (Å²) in [6, 6.07) is 14.9. The number of nitrogens with zero attached hydrogens (tertiary/aromatic N) is 3. The molecule has 190 valence electrons. The van der Waals surface area contributed by atoms with Crippen LogP contribution in [0.2, 0.25) is 0 Å². The van der Waals surface area contributed by atoms with Crippen LogP contribution in [0.4, 0.5) is 17.3 Å². The summed E-state index contributed by atoms with van der Waals surface area (Å²) in [5.74, 6) is 1.16. The Labute approximate surface area is 213 Å². The predicted molar refractivity (Wildman–Crippen MR) is 143 cm³/mol. The van der Waals surface area contributed by atoms with Crippen molar-refractivity contribution in [1.29, 1.82) is 0 Å². The van der Waals surface area contributed by atoms with Gasteiger partial charge in [0, 0.05) is 61.6 Å². The van der Waals surface area contributed by atoms with Crippen LogP contribution in [0.1, 0.15) is 35.3 Å². The third-order valence-corrected chi connectivity index (χ3v) is 6.23. The molecule has 2 heterocycles. The van der Waals surface area contributed by atoms with Crippen LogP contribution in [0.25, 0.3) is 0 Å². The molecule has 0 unspecified atom stereocenters. The van der Waals surface area contributed by atoms with Crippen molar-refractivity contribution in [2.75, 3.05) is 44.1 Å². The maximum absolute atomic E-state index is 12.3. The maximum atomic E-state index is 12.3. The number of ketones is 1. The van der Waals surface area contributed by atoms with E-state index in [-0.39, 0.29) is 12.4 Å². The molecule has 0 saturated carbocycles. The molecule has 1 aliphatic heterocycles. The number of benzene rings is 2. The Hall–Kier alpha value is -3.49. The van der Waals surface area contributed by atoms with Crippen LogP contribution in [0, 0.1) is 0 Å². The van der Waals surface area contributed by atoms with E-state index in [9.17, 15) is 4.79 Å². The summed E-state index contributed by atoms with van der Waals surface area (Å²) < 4.78 is 10.4. The smallest absolute Gasteiger partial charge is 0.227 e. The van der Waals surface area contributed by atoms with E-state index < -0.39 is 0 Å². The first-order valence-corrected chi connectivity index (χ1v) is 12.3. The molecule has 0 amide bonds.